The van der Waals surface area contributed by atoms with E-state index < -0.39 is 0 Å². The van der Waals surface area contributed by atoms with Crippen LogP contribution in [-0.2, 0) is 5.41 Å². The highest BCUT2D eigenvalue weighted by Gasteiger charge is 2.24. The largest absolute Gasteiger partial charge is 0.486 e. The van der Waals surface area contributed by atoms with Gasteiger partial charge in [-0.05, 0) is 57.1 Å². The summed E-state index contributed by atoms with van der Waals surface area (Å²) in [4.78, 5) is 6.88. The highest BCUT2D eigenvalue weighted by molar-refractivity contribution is 5.80. The van der Waals surface area contributed by atoms with Crippen LogP contribution in [0.15, 0.2) is 23.2 Å². The Bertz CT molecular complexity index is 656. The van der Waals surface area contributed by atoms with Gasteiger partial charge in [0, 0.05) is 25.0 Å². The van der Waals surface area contributed by atoms with Crippen molar-refractivity contribution in [3.05, 3.63) is 23.8 Å². The van der Waals surface area contributed by atoms with Gasteiger partial charge in [-0.1, -0.05) is 33.8 Å². The van der Waals surface area contributed by atoms with Crippen LogP contribution in [0.1, 0.15) is 53.0 Å². The van der Waals surface area contributed by atoms with Crippen LogP contribution >= 0.6 is 0 Å². The minimum absolute atomic E-state index is 0.0700. The first-order valence-corrected chi connectivity index (χ1v) is 11.0. The second-order valence-electron chi connectivity index (χ2n) is 8.38. The van der Waals surface area contributed by atoms with Gasteiger partial charge in [0.15, 0.2) is 17.5 Å². The first kappa shape index (κ1) is 23.3. The predicted octanol–water partition coefficient (Wildman–Crippen LogP) is 3.41. The molecular formula is C23H40N4O2. The average molecular weight is 405 g/mol. The Hall–Kier alpha value is -1.95. The predicted molar refractivity (Wildman–Crippen MR) is 121 cm³/mol. The fourth-order valence-electron chi connectivity index (χ4n) is 3.53. The molecule has 0 spiro atoms. The summed E-state index contributed by atoms with van der Waals surface area (Å²) < 4.78 is 11.4. The van der Waals surface area contributed by atoms with Crippen molar-refractivity contribution in [2.45, 2.75) is 58.9 Å². The van der Waals surface area contributed by atoms with E-state index in [2.05, 4.69) is 67.3 Å². The van der Waals surface area contributed by atoms with Gasteiger partial charge in [-0.3, -0.25) is 4.99 Å². The van der Waals surface area contributed by atoms with E-state index in [-0.39, 0.29) is 5.41 Å². The highest BCUT2D eigenvalue weighted by atomic mass is 16.6. The van der Waals surface area contributed by atoms with Gasteiger partial charge in [0.05, 0.1) is 0 Å². The van der Waals surface area contributed by atoms with Gasteiger partial charge >= 0.3 is 0 Å². The van der Waals surface area contributed by atoms with Crippen LogP contribution in [0.3, 0.4) is 0 Å². The van der Waals surface area contributed by atoms with Crippen molar-refractivity contribution in [1.29, 1.82) is 0 Å². The zero-order valence-electron chi connectivity index (χ0n) is 19.2. The van der Waals surface area contributed by atoms with Gasteiger partial charge in [0.2, 0.25) is 0 Å². The zero-order valence-corrected chi connectivity index (χ0v) is 19.2. The Kier molecular flexibility index (Phi) is 9.08. The number of fused-ring (bicyclic) bond motifs is 1. The number of hydrogen-bond acceptors (Lipinski definition) is 4. The molecule has 0 aliphatic carbocycles. The Labute approximate surface area is 177 Å². The van der Waals surface area contributed by atoms with Crippen molar-refractivity contribution >= 4 is 5.96 Å². The maximum Gasteiger partial charge on any atom is 0.191 e. The number of benzene rings is 1. The third-order valence-corrected chi connectivity index (χ3v) is 5.63. The highest BCUT2D eigenvalue weighted by Crippen LogP contribution is 2.34. The number of guanidine groups is 1. The number of ether oxygens (including phenoxy) is 2. The topological polar surface area (TPSA) is 58.1 Å². The van der Waals surface area contributed by atoms with Crippen LogP contribution in [0.5, 0.6) is 11.5 Å². The lowest BCUT2D eigenvalue weighted by Crippen LogP contribution is -2.46. The van der Waals surface area contributed by atoms with Gasteiger partial charge in [0.1, 0.15) is 13.2 Å². The minimum atomic E-state index is -0.0700. The molecule has 6 nitrogen and oxygen atoms in total. The molecule has 1 unspecified atom stereocenters. The summed E-state index contributed by atoms with van der Waals surface area (Å²) >= 11 is 0. The molecule has 0 saturated heterocycles. The fraction of sp³-hybridized carbons (Fsp3) is 0.696. The van der Waals surface area contributed by atoms with Crippen molar-refractivity contribution in [2.75, 3.05) is 46.4 Å². The van der Waals surface area contributed by atoms with E-state index in [1.54, 1.807) is 0 Å². The number of nitrogens with one attached hydrogen (secondary N) is 2. The standard InChI is InChI=1S/C23H40N4O2/c1-7-27(8-2)13-9-10-18(3)26-22(24-6)25-17-23(4,5)19-11-12-20-21(16-19)29-15-14-28-20/h11-12,16,18H,7-10,13-15,17H2,1-6H3,(H2,24,25,26). The lowest BCUT2D eigenvalue weighted by molar-refractivity contribution is 0.171. The molecule has 1 aromatic rings. The molecule has 2 N–H and O–H groups in total. The Balaban J connectivity index is 1.84. The molecule has 0 aromatic heterocycles. The van der Waals surface area contributed by atoms with Crippen LogP contribution in [0.2, 0.25) is 0 Å². The van der Waals surface area contributed by atoms with Crippen LogP contribution in [0.25, 0.3) is 0 Å². The summed E-state index contributed by atoms with van der Waals surface area (Å²) in [6.07, 6.45) is 2.32. The Morgan fingerprint density at radius 3 is 2.52 bits per heavy atom. The molecule has 0 amide bonds. The molecule has 1 aliphatic heterocycles. The molecule has 0 fully saturated rings. The van der Waals surface area contributed by atoms with Crippen molar-refractivity contribution in [1.82, 2.24) is 15.5 Å². The summed E-state index contributed by atoms with van der Waals surface area (Å²) in [5, 5.41) is 7.02. The number of nitrogens with zero attached hydrogens (tertiary/aromatic N) is 2. The second-order valence-corrected chi connectivity index (χ2v) is 8.38. The maximum absolute atomic E-state index is 5.74. The molecule has 29 heavy (non-hydrogen) atoms. The van der Waals surface area contributed by atoms with E-state index in [1.165, 1.54) is 12.0 Å². The molecule has 164 valence electrons. The molecule has 1 atom stereocenters. The summed E-state index contributed by atoms with van der Waals surface area (Å²) in [6.45, 7) is 16.5. The molecule has 0 bridgehead atoms. The molecule has 2 rings (SSSR count). The van der Waals surface area contributed by atoms with Gasteiger partial charge < -0.3 is 25.0 Å². The van der Waals surface area contributed by atoms with Crippen molar-refractivity contribution in [3.63, 3.8) is 0 Å². The van der Waals surface area contributed by atoms with Crippen molar-refractivity contribution in [3.8, 4) is 11.5 Å². The first-order chi connectivity index (χ1) is 13.9. The lowest BCUT2D eigenvalue weighted by Gasteiger charge is -2.29. The van der Waals surface area contributed by atoms with E-state index in [0.717, 1.165) is 50.1 Å². The van der Waals surface area contributed by atoms with E-state index >= 15 is 0 Å². The van der Waals surface area contributed by atoms with E-state index in [9.17, 15) is 0 Å². The van der Waals surface area contributed by atoms with Gasteiger partial charge in [-0.2, -0.15) is 0 Å². The third kappa shape index (κ3) is 7.11. The van der Waals surface area contributed by atoms with Crippen LogP contribution in [0.4, 0.5) is 0 Å². The lowest BCUT2D eigenvalue weighted by atomic mass is 9.84. The van der Waals surface area contributed by atoms with Gasteiger partial charge in [-0.15, -0.1) is 0 Å². The molecule has 1 heterocycles. The second kappa shape index (κ2) is 11.3. The SMILES string of the molecule is CCN(CC)CCCC(C)NC(=NC)NCC(C)(C)c1ccc2c(c1)OCCO2. The first-order valence-electron chi connectivity index (χ1n) is 11.0. The third-order valence-electron chi connectivity index (χ3n) is 5.63. The molecular weight excluding hydrogens is 364 g/mol. The minimum Gasteiger partial charge on any atom is -0.486 e. The monoisotopic (exact) mass is 404 g/mol. The van der Waals surface area contributed by atoms with Crippen LogP contribution in [-0.4, -0.2) is 63.3 Å². The van der Waals surface area contributed by atoms with Gasteiger partial charge in [-0.25, -0.2) is 0 Å². The molecule has 0 radical (unpaired) electrons. The van der Waals surface area contributed by atoms with Crippen molar-refractivity contribution < 1.29 is 9.47 Å². The molecule has 1 aromatic carbocycles. The normalized spacial score (nSPS) is 15.3. The van der Waals surface area contributed by atoms with E-state index in [0.29, 0.717) is 19.3 Å². The quantitative estimate of drug-likeness (QED) is 0.462. The zero-order chi connectivity index (χ0) is 21.3. The molecule has 0 saturated carbocycles. The number of rotatable bonds is 10. The number of hydrogen-bond donors (Lipinski definition) is 2. The number of aliphatic imine (C=N–C) groups is 1. The summed E-state index contributed by atoms with van der Waals surface area (Å²) in [6, 6.07) is 6.62. The summed E-state index contributed by atoms with van der Waals surface area (Å²) in [7, 11) is 1.83. The molecule has 1 aliphatic rings. The smallest absolute Gasteiger partial charge is 0.191 e. The average Bonchev–Trinajstić information content (AvgIpc) is 2.73. The fourth-order valence-corrected chi connectivity index (χ4v) is 3.53. The van der Waals surface area contributed by atoms with Gasteiger partial charge in [0.25, 0.3) is 0 Å². The maximum atomic E-state index is 5.74. The summed E-state index contributed by atoms with van der Waals surface area (Å²) in [5.74, 6) is 2.52. The van der Waals surface area contributed by atoms with Crippen LogP contribution < -0.4 is 20.1 Å². The van der Waals surface area contributed by atoms with Crippen molar-refractivity contribution in [2.24, 2.45) is 4.99 Å². The van der Waals surface area contributed by atoms with E-state index in [4.69, 9.17) is 9.47 Å². The Morgan fingerprint density at radius 2 is 1.86 bits per heavy atom. The summed E-state index contributed by atoms with van der Waals surface area (Å²) in [5.41, 5.74) is 1.15. The Morgan fingerprint density at radius 1 is 1.17 bits per heavy atom. The van der Waals surface area contributed by atoms with E-state index in [1.807, 2.05) is 13.1 Å². The van der Waals surface area contributed by atoms with Crippen LogP contribution in [0, 0.1) is 0 Å². The molecule has 6 heteroatoms.